The minimum Gasteiger partial charge on any atom is -0.403 e. The van der Waals surface area contributed by atoms with Crippen molar-refractivity contribution < 1.29 is 35.5 Å². The molecule has 1 aromatic heterocycles. The highest BCUT2D eigenvalue weighted by atomic mass is 32.2. The maximum atomic E-state index is 13.7. The van der Waals surface area contributed by atoms with Crippen LogP contribution in [0.25, 0.3) is 0 Å². The zero-order valence-electron chi connectivity index (χ0n) is 15.3. The molecule has 31 heavy (non-hydrogen) atoms. The van der Waals surface area contributed by atoms with E-state index in [-0.39, 0.29) is 27.7 Å². The molecule has 3 aromatic rings. The lowest BCUT2D eigenvalue weighted by atomic mass is 10.2. The van der Waals surface area contributed by atoms with Gasteiger partial charge in [0.1, 0.15) is 0 Å². The Labute approximate surface area is 177 Å². The fourth-order valence-electron chi connectivity index (χ4n) is 2.38. The molecule has 1 amide bonds. The molecule has 2 aromatic carbocycles. The van der Waals surface area contributed by atoms with Gasteiger partial charge in [0.15, 0.2) is 16.7 Å². The molecular weight excluding hydrogens is 462 g/mol. The number of halogens is 4. The summed E-state index contributed by atoms with van der Waals surface area (Å²) in [4.78, 5) is 16.0. The summed E-state index contributed by atoms with van der Waals surface area (Å²) in [5.41, 5.74) is 0.331. The van der Waals surface area contributed by atoms with Crippen molar-refractivity contribution in [2.75, 3.05) is 4.72 Å². The maximum absolute atomic E-state index is 13.7. The molecule has 0 saturated carbocycles. The predicted molar refractivity (Wildman–Crippen MR) is 104 cm³/mol. The van der Waals surface area contributed by atoms with Gasteiger partial charge in [0, 0.05) is 23.7 Å². The van der Waals surface area contributed by atoms with E-state index in [2.05, 4.69) is 19.8 Å². The fourth-order valence-corrected chi connectivity index (χ4v) is 4.17. The summed E-state index contributed by atoms with van der Waals surface area (Å²) in [7, 11) is -3.87. The molecule has 0 bridgehead atoms. The lowest BCUT2D eigenvalue weighted by molar-refractivity contribution is -0.275. The average molecular weight is 475 g/mol. The van der Waals surface area contributed by atoms with Crippen LogP contribution in [0.15, 0.2) is 58.9 Å². The zero-order valence-corrected chi connectivity index (χ0v) is 16.9. The molecule has 0 radical (unpaired) electrons. The number of anilines is 1. The molecule has 3 rings (SSSR count). The van der Waals surface area contributed by atoms with Crippen LogP contribution in [-0.4, -0.2) is 25.7 Å². The van der Waals surface area contributed by atoms with Crippen LogP contribution in [0, 0.1) is 5.82 Å². The topological polar surface area (TPSA) is 97.4 Å². The molecule has 0 saturated heterocycles. The van der Waals surface area contributed by atoms with E-state index in [1.807, 2.05) is 0 Å². The van der Waals surface area contributed by atoms with Crippen LogP contribution in [0.3, 0.4) is 0 Å². The molecule has 164 valence electrons. The summed E-state index contributed by atoms with van der Waals surface area (Å²) in [5.74, 6) is -2.80. The van der Waals surface area contributed by atoms with Crippen molar-refractivity contribution in [3.05, 3.63) is 71.0 Å². The first-order chi connectivity index (χ1) is 14.5. The van der Waals surface area contributed by atoms with Gasteiger partial charge in [-0.15, -0.1) is 24.5 Å². The highest BCUT2D eigenvalue weighted by Gasteiger charge is 2.32. The van der Waals surface area contributed by atoms with Crippen LogP contribution in [0.4, 0.5) is 22.7 Å². The second-order valence-corrected chi connectivity index (χ2v) is 8.54. The van der Waals surface area contributed by atoms with Gasteiger partial charge in [-0.05, 0) is 42.0 Å². The maximum Gasteiger partial charge on any atom is 0.573 e. The number of carbonyl (C=O) groups is 1. The molecule has 0 atom stereocenters. The van der Waals surface area contributed by atoms with Crippen LogP contribution in [0.2, 0.25) is 0 Å². The number of benzene rings is 2. The van der Waals surface area contributed by atoms with Gasteiger partial charge >= 0.3 is 6.36 Å². The van der Waals surface area contributed by atoms with E-state index in [1.165, 1.54) is 36.5 Å². The van der Waals surface area contributed by atoms with E-state index < -0.39 is 33.9 Å². The highest BCUT2D eigenvalue weighted by Crippen LogP contribution is 2.26. The Morgan fingerprint density at radius 3 is 2.42 bits per heavy atom. The molecule has 0 unspecified atom stereocenters. The summed E-state index contributed by atoms with van der Waals surface area (Å²) in [5, 5.41) is 4.26. The van der Waals surface area contributed by atoms with E-state index in [9.17, 15) is 30.8 Å². The van der Waals surface area contributed by atoms with Crippen LogP contribution in [-0.2, 0) is 16.6 Å². The Hall–Kier alpha value is -3.19. The summed E-state index contributed by atoms with van der Waals surface area (Å²) < 4.78 is 80.6. The fraction of sp³-hybridized carbons (Fsp3) is 0.111. The van der Waals surface area contributed by atoms with E-state index >= 15 is 0 Å². The van der Waals surface area contributed by atoms with E-state index in [0.29, 0.717) is 0 Å². The van der Waals surface area contributed by atoms with Gasteiger partial charge in [-0.3, -0.25) is 9.52 Å². The van der Waals surface area contributed by atoms with Gasteiger partial charge in [0.2, 0.25) is 0 Å². The number of ether oxygens (including phenoxy) is 1. The first kappa shape index (κ1) is 22.5. The van der Waals surface area contributed by atoms with Gasteiger partial charge in [-0.2, -0.15) is 0 Å². The Balaban J connectivity index is 1.61. The number of amides is 1. The largest absolute Gasteiger partial charge is 0.573 e. The van der Waals surface area contributed by atoms with E-state index in [0.717, 1.165) is 23.5 Å². The third-order valence-electron chi connectivity index (χ3n) is 3.76. The Morgan fingerprint density at radius 1 is 1.13 bits per heavy atom. The summed E-state index contributed by atoms with van der Waals surface area (Å²) >= 11 is 1.11. The van der Waals surface area contributed by atoms with Crippen molar-refractivity contribution >= 4 is 32.4 Å². The van der Waals surface area contributed by atoms with Crippen molar-refractivity contribution in [1.82, 2.24) is 10.3 Å². The second-order valence-electron chi connectivity index (χ2n) is 5.96. The molecular formula is C18H13F4N3O4S2. The number of alkyl halides is 3. The number of hydrogen-bond acceptors (Lipinski definition) is 6. The summed E-state index contributed by atoms with van der Waals surface area (Å²) in [6, 6.07) is 7.81. The lowest BCUT2D eigenvalue weighted by Gasteiger charge is -2.11. The monoisotopic (exact) mass is 475 g/mol. The number of sulfonamides is 1. The Kier molecular flexibility index (Phi) is 6.45. The quantitative estimate of drug-likeness (QED) is 0.505. The van der Waals surface area contributed by atoms with E-state index in [4.69, 9.17) is 0 Å². The summed E-state index contributed by atoms with van der Waals surface area (Å²) in [6.07, 6.45) is -3.58. The van der Waals surface area contributed by atoms with Crippen molar-refractivity contribution in [2.24, 2.45) is 0 Å². The van der Waals surface area contributed by atoms with Gasteiger partial charge < -0.3 is 10.1 Å². The van der Waals surface area contributed by atoms with Crippen LogP contribution >= 0.6 is 11.3 Å². The number of thiazole rings is 1. The normalized spacial score (nSPS) is 11.7. The molecule has 0 spiro atoms. The zero-order chi connectivity index (χ0) is 22.6. The highest BCUT2D eigenvalue weighted by molar-refractivity contribution is 7.93. The van der Waals surface area contributed by atoms with Crippen molar-refractivity contribution in [2.45, 2.75) is 17.8 Å². The van der Waals surface area contributed by atoms with Crippen LogP contribution in [0.5, 0.6) is 5.75 Å². The summed E-state index contributed by atoms with van der Waals surface area (Å²) in [6.45, 7) is -0.173. The first-order valence-electron chi connectivity index (χ1n) is 8.38. The molecule has 2 N–H and O–H groups in total. The molecule has 0 aliphatic rings. The van der Waals surface area contributed by atoms with Gasteiger partial charge in [0.25, 0.3) is 15.9 Å². The third-order valence-corrected chi connectivity index (χ3v) is 5.93. The van der Waals surface area contributed by atoms with Crippen LogP contribution in [0.1, 0.15) is 15.9 Å². The smallest absolute Gasteiger partial charge is 0.403 e. The molecule has 0 aliphatic heterocycles. The standard InChI is InChI=1S/C18H13F4N3O4S2/c19-14-9-11(1-6-15(14)29-18(20,21)22)10-24-16(26)12-2-4-13(5-3-12)31(27,28)25-17-23-7-8-30-17/h1-9H,10H2,(H,23,25)(H,24,26). The average Bonchev–Trinajstić information content (AvgIpc) is 3.19. The van der Waals surface area contributed by atoms with Crippen molar-refractivity contribution in [1.29, 1.82) is 0 Å². The Morgan fingerprint density at radius 2 is 1.84 bits per heavy atom. The number of nitrogens with zero attached hydrogens (tertiary/aromatic N) is 1. The van der Waals surface area contributed by atoms with Gasteiger partial charge in [-0.1, -0.05) is 6.07 Å². The predicted octanol–water partition coefficient (Wildman–Crippen LogP) is 3.91. The Bertz CT molecular complexity index is 1170. The molecule has 1 heterocycles. The van der Waals surface area contributed by atoms with Gasteiger partial charge in [-0.25, -0.2) is 17.8 Å². The van der Waals surface area contributed by atoms with Gasteiger partial charge in [0.05, 0.1) is 4.90 Å². The van der Waals surface area contributed by atoms with Crippen molar-refractivity contribution in [3.63, 3.8) is 0 Å². The lowest BCUT2D eigenvalue weighted by Crippen LogP contribution is -2.23. The molecule has 0 aliphatic carbocycles. The number of hydrogen-bond donors (Lipinski definition) is 2. The molecule has 0 fully saturated rings. The minimum absolute atomic E-state index is 0.0819. The number of carbonyl (C=O) groups excluding carboxylic acids is 1. The molecule has 7 nitrogen and oxygen atoms in total. The molecule has 13 heteroatoms. The second kappa shape index (κ2) is 8.89. The number of rotatable bonds is 7. The number of aromatic nitrogens is 1. The van der Waals surface area contributed by atoms with E-state index in [1.54, 1.807) is 5.38 Å². The first-order valence-corrected chi connectivity index (χ1v) is 10.7. The minimum atomic E-state index is -5.02. The van der Waals surface area contributed by atoms with Crippen LogP contribution < -0.4 is 14.8 Å². The third kappa shape index (κ3) is 6.15. The SMILES string of the molecule is O=C(NCc1ccc(OC(F)(F)F)c(F)c1)c1ccc(S(=O)(=O)Nc2nccs2)cc1. The van der Waals surface area contributed by atoms with Crippen molar-refractivity contribution in [3.8, 4) is 5.75 Å². The number of nitrogens with one attached hydrogen (secondary N) is 2.